The Balaban J connectivity index is 2.41. The first-order valence-electron chi connectivity index (χ1n) is 4.52. The van der Waals surface area contributed by atoms with Crippen molar-refractivity contribution in [2.45, 2.75) is 13.8 Å². The summed E-state index contributed by atoms with van der Waals surface area (Å²) in [4.78, 5) is 4.28. The van der Waals surface area contributed by atoms with Gasteiger partial charge in [0.2, 0.25) is 5.84 Å². The Morgan fingerprint density at radius 1 is 1.29 bits per heavy atom. The fourth-order valence-electron chi connectivity index (χ4n) is 1.45. The molecule has 0 unspecified atom stereocenters. The molecule has 72 valence electrons. The molecule has 1 aromatic rings. The number of halogens is 1. The third kappa shape index (κ3) is 1.25. The number of hydrogen-bond acceptors (Lipinski definition) is 1. The molecule has 0 saturated carbocycles. The Morgan fingerprint density at radius 2 is 2.00 bits per heavy atom. The molecule has 2 rings (SSSR count). The first-order valence-corrected chi connectivity index (χ1v) is 4.52. The zero-order valence-corrected chi connectivity index (χ0v) is 8.50. The van der Waals surface area contributed by atoms with Crippen molar-refractivity contribution >= 4 is 11.7 Å². The molecule has 1 heterocycles. The molecule has 14 heavy (non-hydrogen) atoms. The summed E-state index contributed by atoms with van der Waals surface area (Å²) in [5.41, 5.74) is 1.63. The van der Waals surface area contributed by atoms with E-state index in [-0.39, 0.29) is 5.82 Å². The average Bonchev–Trinajstić information content (AvgIpc) is 2.18. The number of rotatable bonds is 1. The molecule has 0 atom stereocenters. The molecule has 0 bridgehead atoms. The van der Waals surface area contributed by atoms with Gasteiger partial charge in [0.1, 0.15) is 5.82 Å². The maximum atomic E-state index is 13.0. The van der Waals surface area contributed by atoms with Crippen LogP contribution in [-0.4, -0.2) is 23.3 Å². The summed E-state index contributed by atoms with van der Waals surface area (Å²) < 4.78 is 15.0. The predicted octanol–water partition coefficient (Wildman–Crippen LogP) is 1.96. The molecule has 1 aliphatic rings. The molecule has 1 aliphatic heterocycles. The van der Waals surface area contributed by atoms with E-state index in [0.29, 0.717) is 5.56 Å². The molecule has 2 nitrogen and oxygen atoms in total. The van der Waals surface area contributed by atoms with Crippen molar-refractivity contribution in [2.75, 3.05) is 7.05 Å². The maximum absolute atomic E-state index is 13.0. The van der Waals surface area contributed by atoms with Gasteiger partial charge in [0.15, 0.2) is 0 Å². The summed E-state index contributed by atoms with van der Waals surface area (Å²) in [6, 6.07) is 5.05. The Hall–Kier alpha value is -1.51. The van der Waals surface area contributed by atoms with Crippen LogP contribution in [0.5, 0.6) is 0 Å². The van der Waals surface area contributed by atoms with Gasteiger partial charge in [0.05, 0.1) is 12.6 Å². The summed E-state index contributed by atoms with van der Waals surface area (Å²) in [7, 11) is 1.95. The minimum atomic E-state index is -0.169. The van der Waals surface area contributed by atoms with Gasteiger partial charge >= 0.3 is 0 Å². The van der Waals surface area contributed by atoms with Crippen LogP contribution in [0.3, 0.4) is 0 Å². The molecule has 1 aromatic carbocycles. The number of amidine groups is 2. The van der Waals surface area contributed by atoms with Crippen LogP contribution in [0.4, 0.5) is 4.39 Å². The van der Waals surface area contributed by atoms with E-state index in [9.17, 15) is 4.39 Å². The molecule has 0 aliphatic carbocycles. The minimum absolute atomic E-state index is 0.169. The standard InChI is InChI=1S/C11H12FN2/c1-7-6-9(4-5-10(7)12)11-13-8(2)14(11)3/h4-6H,1-3H3/q+1. The third-order valence-electron chi connectivity index (χ3n) is 2.49. The Morgan fingerprint density at radius 3 is 2.50 bits per heavy atom. The van der Waals surface area contributed by atoms with Crippen LogP contribution in [0, 0.1) is 12.7 Å². The van der Waals surface area contributed by atoms with Gasteiger partial charge < -0.3 is 0 Å². The van der Waals surface area contributed by atoms with Crippen LogP contribution in [0.2, 0.25) is 0 Å². The summed E-state index contributed by atoms with van der Waals surface area (Å²) in [6.07, 6.45) is 0. The lowest BCUT2D eigenvalue weighted by atomic mass is 10.1. The van der Waals surface area contributed by atoms with Crippen molar-refractivity contribution in [3.63, 3.8) is 0 Å². The van der Waals surface area contributed by atoms with Gasteiger partial charge in [-0.3, -0.25) is 0 Å². The van der Waals surface area contributed by atoms with Crippen LogP contribution in [0.25, 0.3) is 0 Å². The van der Waals surface area contributed by atoms with Gasteiger partial charge in [-0.05, 0) is 30.7 Å². The molecule has 0 aromatic heterocycles. The number of nitrogens with zero attached hydrogens (tertiary/aromatic N) is 2. The van der Waals surface area contributed by atoms with Gasteiger partial charge in [0.25, 0.3) is 5.84 Å². The quantitative estimate of drug-likeness (QED) is 0.603. The van der Waals surface area contributed by atoms with Gasteiger partial charge in [-0.25, -0.2) is 8.97 Å². The van der Waals surface area contributed by atoms with E-state index in [1.165, 1.54) is 6.07 Å². The van der Waals surface area contributed by atoms with E-state index in [1.54, 1.807) is 13.0 Å². The Bertz CT molecular complexity index is 458. The average molecular weight is 191 g/mol. The lowest BCUT2D eigenvalue weighted by Gasteiger charge is -2.12. The second-order valence-electron chi connectivity index (χ2n) is 3.51. The minimum Gasteiger partial charge on any atom is -0.233 e. The van der Waals surface area contributed by atoms with Crippen LogP contribution >= 0.6 is 0 Å². The maximum Gasteiger partial charge on any atom is 0.273 e. The van der Waals surface area contributed by atoms with E-state index >= 15 is 0 Å². The van der Waals surface area contributed by atoms with E-state index in [0.717, 1.165) is 17.2 Å². The highest BCUT2D eigenvalue weighted by Gasteiger charge is 2.23. The normalized spacial score (nSPS) is 15.3. The first kappa shape index (κ1) is 9.06. The summed E-state index contributed by atoms with van der Waals surface area (Å²) in [5, 5.41) is 0. The molecule has 0 fully saturated rings. The topological polar surface area (TPSA) is 15.4 Å². The molecule has 0 spiro atoms. The van der Waals surface area contributed by atoms with Crippen LogP contribution in [-0.2, 0) is 0 Å². The largest absolute Gasteiger partial charge is 0.273 e. The lowest BCUT2D eigenvalue weighted by Crippen LogP contribution is -2.31. The zero-order chi connectivity index (χ0) is 10.3. The fraction of sp³-hybridized carbons (Fsp3) is 0.273. The van der Waals surface area contributed by atoms with E-state index < -0.39 is 0 Å². The summed E-state index contributed by atoms with van der Waals surface area (Å²) >= 11 is 0. The highest BCUT2D eigenvalue weighted by atomic mass is 19.1. The lowest BCUT2D eigenvalue weighted by molar-refractivity contribution is -0.385. The number of aryl methyl sites for hydroxylation is 1. The van der Waals surface area contributed by atoms with Crippen LogP contribution in [0.1, 0.15) is 18.1 Å². The van der Waals surface area contributed by atoms with Crippen molar-refractivity contribution < 1.29 is 8.97 Å². The second kappa shape index (κ2) is 3.01. The molecule has 0 N–H and O–H groups in total. The Kier molecular flexibility index (Phi) is 1.95. The van der Waals surface area contributed by atoms with Crippen molar-refractivity contribution in [2.24, 2.45) is 4.99 Å². The van der Waals surface area contributed by atoms with Gasteiger partial charge in [-0.2, -0.15) is 0 Å². The van der Waals surface area contributed by atoms with E-state index in [1.807, 2.05) is 24.6 Å². The van der Waals surface area contributed by atoms with Gasteiger partial charge in [-0.15, -0.1) is 0 Å². The molecule has 0 amide bonds. The number of hydrogen-bond donors (Lipinski definition) is 0. The second-order valence-corrected chi connectivity index (χ2v) is 3.51. The first-order chi connectivity index (χ1) is 6.59. The molecule has 3 heteroatoms. The van der Waals surface area contributed by atoms with Crippen LogP contribution < -0.4 is 0 Å². The molecular formula is C11H12FN2+. The summed E-state index contributed by atoms with van der Waals surface area (Å²) in [5.74, 6) is 1.73. The van der Waals surface area contributed by atoms with E-state index in [2.05, 4.69) is 4.99 Å². The number of aliphatic imine (C=N–C) groups is 1. The highest BCUT2D eigenvalue weighted by Crippen LogP contribution is 2.13. The van der Waals surface area contributed by atoms with Crippen molar-refractivity contribution in [1.29, 1.82) is 0 Å². The Labute approximate surface area is 82.4 Å². The third-order valence-corrected chi connectivity index (χ3v) is 2.49. The van der Waals surface area contributed by atoms with Gasteiger partial charge in [-0.1, -0.05) is 4.99 Å². The molecule has 0 radical (unpaired) electrons. The predicted molar refractivity (Wildman–Crippen MR) is 54.5 cm³/mol. The van der Waals surface area contributed by atoms with Crippen LogP contribution in [0.15, 0.2) is 23.2 Å². The SMILES string of the molecule is CC1=NC(c2ccc(F)c(C)c2)=[N+]1C. The molecule has 0 saturated heterocycles. The number of benzene rings is 1. The summed E-state index contributed by atoms with van der Waals surface area (Å²) in [6.45, 7) is 3.70. The van der Waals surface area contributed by atoms with Crippen molar-refractivity contribution in [1.82, 2.24) is 0 Å². The monoisotopic (exact) mass is 191 g/mol. The zero-order valence-electron chi connectivity index (χ0n) is 8.50. The molecular weight excluding hydrogens is 179 g/mol. The van der Waals surface area contributed by atoms with Gasteiger partial charge in [0, 0.05) is 6.92 Å². The highest BCUT2D eigenvalue weighted by molar-refractivity contribution is 6.09. The smallest absolute Gasteiger partial charge is 0.233 e. The van der Waals surface area contributed by atoms with E-state index in [4.69, 9.17) is 0 Å². The van der Waals surface area contributed by atoms with Crippen molar-refractivity contribution in [3.05, 3.63) is 35.1 Å². The van der Waals surface area contributed by atoms with Crippen molar-refractivity contribution in [3.8, 4) is 0 Å². The fourth-order valence-corrected chi connectivity index (χ4v) is 1.45.